The first-order chi connectivity index (χ1) is 11.0. The quantitative estimate of drug-likeness (QED) is 0.932. The van der Waals surface area contributed by atoms with Gasteiger partial charge in [-0.25, -0.2) is 0 Å². The number of benzene rings is 1. The summed E-state index contributed by atoms with van der Waals surface area (Å²) < 4.78 is 5.93. The van der Waals surface area contributed by atoms with Crippen LogP contribution in [0, 0.1) is 0 Å². The van der Waals surface area contributed by atoms with Gasteiger partial charge in [-0.3, -0.25) is 4.79 Å². The number of ether oxygens (including phenoxy) is 1. The molecule has 1 aromatic carbocycles. The summed E-state index contributed by atoms with van der Waals surface area (Å²) >= 11 is 0. The second kappa shape index (κ2) is 6.52. The smallest absolute Gasteiger partial charge is 0.261 e. The molecule has 4 heteroatoms. The number of rotatable bonds is 3. The first-order valence-electron chi connectivity index (χ1n) is 8.71. The summed E-state index contributed by atoms with van der Waals surface area (Å²) in [4.78, 5) is 14.8. The number of carbonyl (C=O) groups excluding carboxylic acids is 1. The van der Waals surface area contributed by atoms with E-state index in [1.807, 2.05) is 18.2 Å². The number of amides is 1. The molecule has 4 nitrogen and oxygen atoms in total. The van der Waals surface area contributed by atoms with Crippen LogP contribution in [0.1, 0.15) is 45.6 Å². The van der Waals surface area contributed by atoms with Crippen LogP contribution in [0.3, 0.4) is 0 Å². The maximum atomic E-state index is 12.7. The van der Waals surface area contributed by atoms with Crippen LogP contribution >= 0.6 is 0 Å². The Bertz CT molecular complexity index is 551. The average Bonchev–Trinajstić information content (AvgIpc) is 2.77. The van der Waals surface area contributed by atoms with Crippen molar-refractivity contribution in [3.63, 3.8) is 0 Å². The van der Waals surface area contributed by atoms with E-state index < -0.39 is 0 Å². The van der Waals surface area contributed by atoms with E-state index in [0.717, 1.165) is 43.7 Å². The number of nitrogens with zero attached hydrogens (tertiary/aromatic N) is 1. The molecule has 1 amide bonds. The fourth-order valence-corrected chi connectivity index (χ4v) is 3.82. The van der Waals surface area contributed by atoms with E-state index in [2.05, 4.69) is 37.1 Å². The monoisotopic (exact) mass is 316 g/mol. The average molecular weight is 316 g/mol. The van der Waals surface area contributed by atoms with Gasteiger partial charge in [0.15, 0.2) is 6.61 Å². The molecule has 0 saturated carbocycles. The Kier molecular flexibility index (Phi) is 4.62. The van der Waals surface area contributed by atoms with Crippen LogP contribution in [0.25, 0.3) is 0 Å². The van der Waals surface area contributed by atoms with Crippen molar-refractivity contribution < 1.29 is 9.53 Å². The van der Waals surface area contributed by atoms with E-state index in [0.29, 0.717) is 12.1 Å². The highest BCUT2D eigenvalue weighted by Gasteiger charge is 2.38. The third-order valence-corrected chi connectivity index (χ3v) is 4.99. The third kappa shape index (κ3) is 3.52. The molecule has 2 saturated heterocycles. The minimum absolute atomic E-state index is 0.00515. The first-order valence-corrected chi connectivity index (χ1v) is 8.71. The van der Waals surface area contributed by atoms with E-state index in [1.54, 1.807) is 0 Å². The first kappa shape index (κ1) is 16.3. The highest BCUT2D eigenvalue weighted by atomic mass is 16.5. The minimum Gasteiger partial charge on any atom is -0.483 e. The van der Waals surface area contributed by atoms with Crippen molar-refractivity contribution in [1.82, 2.24) is 10.2 Å². The molecule has 2 bridgehead atoms. The normalized spacial score (nSPS) is 24.4. The van der Waals surface area contributed by atoms with Crippen molar-refractivity contribution in [2.24, 2.45) is 0 Å². The van der Waals surface area contributed by atoms with Crippen LogP contribution in [-0.2, 0) is 10.2 Å². The fraction of sp³-hybridized carbons (Fsp3) is 0.632. The van der Waals surface area contributed by atoms with Gasteiger partial charge < -0.3 is 15.0 Å². The molecule has 3 rings (SSSR count). The molecule has 2 heterocycles. The topological polar surface area (TPSA) is 41.6 Å². The molecule has 0 aromatic heterocycles. The van der Waals surface area contributed by atoms with E-state index in [-0.39, 0.29) is 17.9 Å². The van der Waals surface area contributed by atoms with Crippen molar-refractivity contribution in [2.75, 3.05) is 19.7 Å². The van der Waals surface area contributed by atoms with Gasteiger partial charge in [0.25, 0.3) is 5.91 Å². The summed E-state index contributed by atoms with van der Waals surface area (Å²) in [6.45, 7) is 8.56. The molecule has 0 radical (unpaired) electrons. The summed E-state index contributed by atoms with van der Waals surface area (Å²) in [5.41, 5.74) is 1.15. The Hall–Kier alpha value is -1.55. The van der Waals surface area contributed by atoms with Crippen LogP contribution in [-0.4, -0.2) is 42.6 Å². The summed E-state index contributed by atoms with van der Waals surface area (Å²) in [5.74, 6) is 0.957. The number of hydrogen-bond acceptors (Lipinski definition) is 3. The largest absolute Gasteiger partial charge is 0.483 e. The van der Waals surface area contributed by atoms with E-state index in [1.165, 1.54) is 0 Å². The molecule has 2 aliphatic rings. The number of nitrogens with one attached hydrogen (secondary N) is 1. The molecular weight excluding hydrogens is 288 g/mol. The molecule has 1 aromatic rings. The number of fused-ring (bicyclic) bond motifs is 2. The summed E-state index contributed by atoms with van der Waals surface area (Å²) in [6, 6.07) is 8.77. The molecular formula is C19H28N2O2. The molecule has 0 spiro atoms. The molecule has 2 aliphatic heterocycles. The van der Waals surface area contributed by atoms with E-state index in [4.69, 9.17) is 4.74 Å². The Morgan fingerprint density at radius 1 is 1.22 bits per heavy atom. The van der Waals surface area contributed by atoms with Gasteiger partial charge in [-0.2, -0.15) is 0 Å². The van der Waals surface area contributed by atoms with Crippen molar-refractivity contribution in [1.29, 1.82) is 0 Å². The highest BCUT2D eigenvalue weighted by molar-refractivity contribution is 5.79. The van der Waals surface area contributed by atoms with Crippen LogP contribution in [0.4, 0.5) is 0 Å². The van der Waals surface area contributed by atoms with Crippen molar-refractivity contribution in [3.05, 3.63) is 29.8 Å². The van der Waals surface area contributed by atoms with Gasteiger partial charge in [-0.1, -0.05) is 39.0 Å². The molecule has 1 N–H and O–H groups in total. The minimum atomic E-state index is 0.00515. The molecule has 23 heavy (non-hydrogen) atoms. The van der Waals surface area contributed by atoms with Gasteiger partial charge >= 0.3 is 0 Å². The molecule has 126 valence electrons. The van der Waals surface area contributed by atoms with E-state index >= 15 is 0 Å². The van der Waals surface area contributed by atoms with Crippen LogP contribution in [0.5, 0.6) is 5.75 Å². The van der Waals surface area contributed by atoms with E-state index in [9.17, 15) is 4.79 Å². The zero-order valence-electron chi connectivity index (χ0n) is 14.5. The van der Waals surface area contributed by atoms with Crippen molar-refractivity contribution in [3.8, 4) is 5.75 Å². The Labute approximate surface area is 139 Å². The predicted octanol–water partition coefficient (Wildman–Crippen LogP) is 2.72. The lowest BCUT2D eigenvalue weighted by molar-refractivity contribution is -0.136. The van der Waals surface area contributed by atoms with Crippen LogP contribution in [0.2, 0.25) is 0 Å². The van der Waals surface area contributed by atoms with Crippen molar-refractivity contribution in [2.45, 2.75) is 57.5 Å². The number of carbonyl (C=O) groups is 1. The van der Waals surface area contributed by atoms with Gasteiger partial charge in [-0.15, -0.1) is 0 Å². The lowest BCUT2D eigenvalue weighted by atomic mass is 9.86. The highest BCUT2D eigenvalue weighted by Crippen LogP contribution is 2.32. The maximum absolute atomic E-state index is 12.7. The molecule has 2 fully saturated rings. The Morgan fingerprint density at radius 3 is 2.74 bits per heavy atom. The zero-order valence-corrected chi connectivity index (χ0v) is 14.5. The van der Waals surface area contributed by atoms with Gasteiger partial charge in [0, 0.05) is 18.6 Å². The molecule has 2 atom stereocenters. The molecule has 2 unspecified atom stereocenters. The Morgan fingerprint density at radius 2 is 1.96 bits per heavy atom. The lowest BCUT2D eigenvalue weighted by Gasteiger charge is -2.28. The second-order valence-electron chi connectivity index (χ2n) is 7.71. The van der Waals surface area contributed by atoms with Gasteiger partial charge in [0.05, 0.1) is 0 Å². The Balaban J connectivity index is 1.68. The number of hydrogen-bond donors (Lipinski definition) is 1. The lowest BCUT2D eigenvalue weighted by Crippen LogP contribution is -2.44. The van der Waals surface area contributed by atoms with Gasteiger partial charge in [0.2, 0.25) is 0 Å². The standard InChI is InChI=1S/C19H28N2O2/c1-19(2,3)16-6-4-5-7-17(16)23-13-18(22)21-14-8-9-15(21)12-20-11-10-14/h4-7,14-15,20H,8-13H2,1-3H3. The fourth-order valence-electron chi connectivity index (χ4n) is 3.82. The SMILES string of the molecule is CC(C)(C)c1ccccc1OCC(=O)N1C2CCNCC1CC2. The van der Waals surface area contributed by atoms with Gasteiger partial charge in [0.1, 0.15) is 5.75 Å². The number of para-hydroxylation sites is 1. The summed E-state index contributed by atoms with van der Waals surface area (Å²) in [7, 11) is 0. The maximum Gasteiger partial charge on any atom is 0.261 e. The summed E-state index contributed by atoms with van der Waals surface area (Å²) in [6.07, 6.45) is 3.31. The third-order valence-electron chi connectivity index (χ3n) is 4.99. The van der Waals surface area contributed by atoms with Crippen LogP contribution in [0.15, 0.2) is 24.3 Å². The molecule has 0 aliphatic carbocycles. The zero-order chi connectivity index (χ0) is 16.4. The summed E-state index contributed by atoms with van der Waals surface area (Å²) in [5, 5.41) is 3.43. The van der Waals surface area contributed by atoms with Crippen LogP contribution < -0.4 is 10.1 Å². The predicted molar refractivity (Wildman–Crippen MR) is 91.8 cm³/mol. The second-order valence-corrected chi connectivity index (χ2v) is 7.71. The van der Waals surface area contributed by atoms with Gasteiger partial charge in [-0.05, 0) is 42.9 Å². The van der Waals surface area contributed by atoms with Crippen molar-refractivity contribution >= 4 is 5.91 Å².